The number of anilines is 1. The SMILES string of the molecule is CCNC(=O)c1ccc(NC(=O)CCC(F)(F)F)c(C)c1. The second-order valence-corrected chi connectivity index (χ2v) is 4.55. The Morgan fingerprint density at radius 2 is 1.90 bits per heavy atom. The van der Waals surface area contributed by atoms with Gasteiger partial charge in [-0.3, -0.25) is 9.59 Å². The average molecular weight is 302 g/mol. The van der Waals surface area contributed by atoms with E-state index in [1.54, 1.807) is 19.9 Å². The highest BCUT2D eigenvalue weighted by Crippen LogP contribution is 2.22. The molecule has 7 heteroatoms. The third-order valence-electron chi connectivity index (χ3n) is 2.74. The normalized spacial score (nSPS) is 11.1. The van der Waals surface area contributed by atoms with E-state index in [0.717, 1.165) is 0 Å². The molecular formula is C14H17F3N2O2. The van der Waals surface area contributed by atoms with E-state index in [0.29, 0.717) is 23.4 Å². The monoisotopic (exact) mass is 302 g/mol. The quantitative estimate of drug-likeness (QED) is 0.878. The summed E-state index contributed by atoms with van der Waals surface area (Å²) >= 11 is 0. The van der Waals surface area contributed by atoms with Gasteiger partial charge in [-0.2, -0.15) is 13.2 Å². The molecule has 0 aromatic heterocycles. The van der Waals surface area contributed by atoms with Gasteiger partial charge in [0.25, 0.3) is 5.91 Å². The average Bonchev–Trinajstić information content (AvgIpc) is 2.38. The largest absolute Gasteiger partial charge is 0.389 e. The Labute approximate surface area is 120 Å². The molecule has 4 nitrogen and oxygen atoms in total. The molecule has 116 valence electrons. The van der Waals surface area contributed by atoms with Gasteiger partial charge in [-0.05, 0) is 37.6 Å². The van der Waals surface area contributed by atoms with Gasteiger partial charge >= 0.3 is 6.18 Å². The summed E-state index contributed by atoms with van der Waals surface area (Å²) in [5.41, 5.74) is 1.44. The van der Waals surface area contributed by atoms with Crippen LogP contribution >= 0.6 is 0 Å². The Morgan fingerprint density at radius 3 is 2.43 bits per heavy atom. The van der Waals surface area contributed by atoms with Crippen molar-refractivity contribution in [3.8, 4) is 0 Å². The minimum absolute atomic E-state index is 0.240. The number of benzene rings is 1. The van der Waals surface area contributed by atoms with E-state index in [1.807, 2.05) is 0 Å². The Hall–Kier alpha value is -2.05. The standard InChI is InChI=1S/C14H17F3N2O2/c1-3-18-13(21)10-4-5-11(9(2)8-10)19-12(20)6-7-14(15,16)17/h4-5,8H,3,6-7H2,1-2H3,(H,18,21)(H,19,20). The van der Waals surface area contributed by atoms with Gasteiger partial charge in [-0.1, -0.05) is 0 Å². The maximum atomic E-state index is 12.0. The van der Waals surface area contributed by atoms with Crippen molar-refractivity contribution in [3.63, 3.8) is 0 Å². The Balaban J connectivity index is 2.68. The summed E-state index contributed by atoms with van der Waals surface area (Å²) in [7, 11) is 0. The number of alkyl halides is 3. The number of hydrogen-bond donors (Lipinski definition) is 2. The summed E-state index contributed by atoms with van der Waals surface area (Å²) in [6.45, 7) is 3.95. The predicted octanol–water partition coefficient (Wildman–Crippen LogP) is 3.03. The number of carbonyl (C=O) groups excluding carboxylic acids is 2. The number of nitrogens with one attached hydrogen (secondary N) is 2. The van der Waals surface area contributed by atoms with Crippen molar-refractivity contribution in [3.05, 3.63) is 29.3 Å². The number of aryl methyl sites for hydroxylation is 1. The van der Waals surface area contributed by atoms with Gasteiger partial charge in [0.1, 0.15) is 0 Å². The zero-order chi connectivity index (χ0) is 16.0. The Bertz CT molecular complexity index is 527. The van der Waals surface area contributed by atoms with Crippen molar-refractivity contribution in [1.29, 1.82) is 0 Å². The first-order valence-corrected chi connectivity index (χ1v) is 6.48. The van der Waals surface area contributed by atoms with Crippen molar-refractivity contribution in [2.24, 2.45) is 0 Å². The molecule has 0 aliphatic heterocycles. The summed E-state index contributed by atoms with van der Waals surface area (Å²) in [5, 5.41) is 5.05. The molecule has 1 aromatic carbocycles. The van der Waals surface area contributed by atoms with E-state index in [1.165, 1.54) is 12.1 Å². The number of carbonyl (C=O) groups is 2. The first kappa shape index (κ1) is 17.0. The van der Waals surface area contributed by atoms with Crippen molar-refractivity contribution < 1.29 is 22.8 Å². The second kappa shape index (κ2) is 7.10. The number of halogens is 3. The van der Waals surface area contributed by atoms with E-state index in [-0.39, 0.29) is 5.91 Å². The molecule has 1 aromatic rings. The molecule has 0 saturated heterocycles. The van der Waals surface area contributed by atoms with Gasteiger partial charge in [0.05, 0.1) is 6.42 Å². The second-order valence-electron chi connectivity index (χ2n) is 4.55. The van der Waals surface area contributed by atoms with Crippen LogP contribution in [0.25, 0.3) is 0 Å². The summed E-state index contributed by atoms with van der Waals surface area (Å²) in [6.07, 6.45) is -6.13. The van der Waals surface area contributed by atoms with Crippen LogP contribution in [0.3, 0.4) is 0 Å². The molecule has 1 rings (SSSR count). The highest BCUT2D eigenvalue weighted by atomic mass is 19.4. The number of amides is 2. The van der Waals surface area contributed by atoms with E-state index >= 15 is 0 Å². The lowest BCUT2D eigenvalue weighted by atomic mass is 10.1. The number of rotatable bonds is 5. The molecule has 0 saturated carbocycles. The molecule has 0 atom stereocenters. The Morgan fingerprint density at radius 1 is 1.24 bits per heavy atom. The van der Waals surface area contributed by atoms with Crippen LogP contribution in [0.15, 0.2) is 18.2 Å². The molecule has 0 spiro atoms. The van der Waals surface area contributed by atoms with E-state index in [2.05, 4.69) is 10.6 Å². The van der Waals surface area contributed by atoms with Gasteiger partial charge in [0.2, 0.25) is 5.91 Å². The van der Waals surface area contributed by atoms with E-state index < -0.39 is 24.9 Å². The van der Waals surface area contributed by atoms with Crippen LogP contribution < -0.4 is 10.6 Å². The molecular weight excluding hydrogens is 285 g/mol. The lowest BCUT2D eigenvalue weighted by molar-refractivity contribution is -0.142. The van der Waals surface area contributed by atoms with Crippen LogP contribution in [0.4, 0.5) is 18.9 Å². The van der Waals surface area contributed by atoms with Crippen molar-refractivity contribution in [2.45, 2.75) is 32.9 Å². The molecule has 0 fully saturated rings. The Kier molecular flexibility index (Phi) is 5.75. The predicted molar refractivity (Wildman–Crippen MR) is 73.1 cm³/mol. The van der Waals surface area contributed by atoms with Crippen molar-refractivity contribution in [2.75, 3.05) is 11.9 Å². The van der Waals surface area contributed by atoms with Crippen LogP contribution in [0.1, 0.15) is 35.7 Å². The molecule has 0 heterocycles. The highest BCUT2D eigenvalue weighted by Gasteiger charge is 2.27. The summed E-state index contributed by atoms with van der Waals surface area (Å²) in [4.78, 5) is 23.1. The summed E-state index contributed by atoms with van der Waals surface area (Å²) in [6, 6.07) is 4.59. The lowest BCUT2D eigenvalue weighted by Crippen LogP contribution is -2.23. The minimum atomic E-state index is -4.35. The fraction of sp³-hybridized carbons (Fsp3) is 0.429. The van der Waals surface area contributed by atoms with Crippen LogP contribution in [0, 0.1) is 6.92 Å². The van der Waals surface area contributed by atoms with Crippen molar-refractivity contribution >= 4 is 17.5 Å². The summed E-state index contributed by atoms with van der Waals surface area (Å²) < 4.78 is 36.1. The van der Waals surface area contributed by atoms with Crippen molar-refractivity contribution in [1.82, 2.24) is 5.32 Å². The van der Waals surface area contributed by atoms with Gasteiger partial charge in [-0.15, -0.1) is 0 Å². The zero-order valence-electron chi connectivity index (χ0n) is 11.8. The molecule has 2 N–H and O–H groups in total. The molecule has 2 amide bonds. The molecule has 0 aliphatic carbocycles. The van der Waals surface area contributed by atoms with Gasteiger partial charge in [0.15, 0.2) is 0 Å². The topological polar surface area (TPSA) is 58.2 Å². The molecule has 0 unspecified atom stereocenters. The molecule has 0 aliphatic rings. The van der Waals surface area contributed by atoms with Gasteiger partial charge in [0, 0.05) is 24.2 Å². The van der Waals surface area contributed by atoms with Crippen LogP contribution in [0.2, 0.25) is 0 Å². The molecule has 21 heavy (non-hydrogen) atoms. The third kappa shape index (κ3) is 5.85. The third-order valence-corrected chi connectivity index (χ3v) is 2.74. The highest BCUT2D eigenvalue weighted by molar-refractivity contribution is 5.96. The minimum Gasteiger partial charge on any atom is -0.352 e. The fourth-order valence-electron chi connectivity index (χ4n) is 1.68. The van der Waals surface area contributed by atoms with Crippen LogP contribution in [-0.2, 0) is 4.79 Å². The molecule has 0 bridgehead atoms. The smallest absolute Gasteiger partial charge is 0.352 e. The number of hydrogen-bond acceptors (Lipinski definition) is 2. The maximum absolute atomic E-state index is 12.0. The lowest BCUT2D eigenvalue weighted by Gasteiger charge is -2.11. The molecule has 0 radical (unpaired) electrons. The fourth-order valence-corrected chi connectivity index (χ4v) is 1.68. The van der Waals surface area contributed by atoms with Gasteiger partial charge < -0.3 is 10.6 Å². The van der Waals surface area contributed by atoms with Gasteiger partial charge in [-0.25, -0.2) is 0 Å². The first-order valence-electron chi connectivity index (χ1n) is 6.48. The van der Waals surface area contributed by atoms with Crippen LogP contribution in [0.5, 0.6) is 0 Å². The van der Waals surface area contributed by atoms with Crippen LogP contribution in [-0.4, -0.2) is 24.5 Å². The van der Waals surface area contributed by atoms with E-state index in [9.17, 15) is 22.8 Å². The first-order chi connectivity index (χ1) is 9.73. The summed E-state index contributed by atoms with van der Waals surface area (Å²) in [5.74, 6) is -0.947. The maximum Gasteiger partial charge on any atom is 0.389 e. The zero-order valence-corrected chi connectivity index (χ0v) is 11.8. The van der Waals surface area contributed by atoms with E-state index in [4.69, 9.17) is 0 Å².